The predicted octanol–water partition coefficient (Wildman–Crippen LogP) is 0.818. The van der Waals surface area contributed by atoms with Crippen molar-refractivity contribution in [1.29, 1.82) is 0 Å². The van der Waals surface area contributed by atoms with Gasteiger partial charge in [0.2, 0.25) is 0 Å². The summed E-state index contributed by atoms with van der Waals surface area (Å²) < 4.78 is 17.6. The Morgan fingerprint density at radius 1 is 1.37 bits per heavy atom. The second-order valence-electron chi connectivity index (χ2n) is 3.38. The van der Waals surface area contributed by atoms with E-state index in [9.17, 15) is 18.8 Å². The second-order valence-corrected chi connectivity index (χ2v) is 3.38. The Kier molecular flexibility index (Phi) is 4.81. The number of amides is 2. The SMILES string of the molecule is COC(=O)CNC(=O)Nc1cc(C(=O)O)ccc1F. The first-order valence-electron chi connectivity index (χ1n) is 5.08. The van der Waals surface area contributed by atoms with Crippen LogP contribution in [0.3, 0.4) is 0 Å². The van der Waals surface area contributed by atoms with Crippen LogP contribution in [0.2, 0.25) is 0 Å². The van der Waals surface area contributed by atoms with E-state index in [4.69, 9.17) is 5.11 Å². The van der Waals surface area contributed by atoms with Crippen LogP contribution in [-0.4, -0.2) is 36.7 Å². The molecule has 2 amide bonds. The number of methoxy groups -OCH3 is 1. The molecule has 0 aliphatic rings. The van der Waals surface area contributed by atoms with Crippen molar-refractivity contribution in [2.75, 3.05) is 19.0 Å². The van der Waals surface area contributed by atoms with Gasteiger partial charge in [-0.25, -0.2) is 14.0 Å². The Bertz CT molecular complexity index is 518. The fourth-order valence-electron chi connectivity index (χ4n) is 1.15. The van der Waals surface area contributed by atoms with Gasteiger partial charge in [-0.2, -0.15) is 0 Å². The molecule has 0 heterocycles. The number of urea groups is 1. The summed E-state index contributed by atoms with van der Waals surface area (Å²) in [6.07, 6.45) is 0. The number of nitrogens with one attached hydrogen (secondary N) is 2. The van der Waals surface area contributed by atoms with Crippen LogP contribution in [0.25, 0.3) is 0 Å². The Hall–Kier alpha value is -2.64. The number of ether oxygens (including phenoxy) is 1. The van der Waals surface area contributed by atoms with E-state index < -0.39 is 23.8 Å². The van der Waals surface area contributed by atoms with Gasteiger partial charge in [0, 0.05) is 0 Å². The molecule has 1 aromatic carbocycles. The van der Waals surface area contributed by atoms with Gasteiger partial charge < -0.3 is 20.5 Å². The molecule has 19 heavy (non-hydrogen) atoms. The van der Waals surface area contributed by atoms with Crippen molar-refractivity contribution in [1.82, 2.24) is 5.32 Å². The van der Waals surface area contributed by atoms with Gasteiger partial charge in [0.05, 0.1) is 18.4 Å². The quantitative estimate of drug-likeness (QED) is 0.702. The first-order valence-corrected chi connectivity index (χ1v) is 5.08. The fraction of sp³-hybridized carbons (Fsp3) is 0.182. The summed E-state index contributed by atoms with van der Waals surface area (Å²) in [6, 6.07) is 2.09. The smallest absolute Gasteiger partial charge is 0.335 e. The zero-order valence-corrected chi connectivity index (χ0v) is 9.90. The largest absolute Gasteiger partial charge is 0.478 e. The first-order chi connectivity index (χ1) is 8.93. The highest BCUT2D eigenvalue weighted by Crippen LogP contribution is 2.16. The summed E-state index contributed by atoms with van der Waals surface area (Å²) in [4.78, 5) is 32.8. The van der Waals surface area contributed by atoms with Crippen LogP contribution >= 0.6 is 0 Å². The van der Waals surface area contributed by atoms with Crippen LogP contribution in [0.4, 0.5) is 14.9 Å². The van der Waals surface area contributed by atoms with E-state index >= 15 is 0 Å². The van der Waals surface area contributed by atoms with E-state index in [1.165, 1.54) is 0 Å². The number of rotatable bonds is 4. The number of carboxylic acid groups (broad SMARTS) is 1. The summed E-state index contributed by atoms with van der Waals surface area (Å²) in [5, 5.41) is 12.9. The van der Waals surface area contributed by atoms with Crippen molar-refractivity contribution in [3.05, 3.63) is 29.6 Å². The number of benzene rings is 1. The van der Waals surface area contributed by atoms with Crippen LogP contribution in [0.15, 0.2) is 18.2 Å². The molecule has 1 rings (SSSR count). The van der Waals surface area contributed by atoms with Crippen molar-refractivity contribution in [3.63, 3.8) is 0 Å². The number of halogens is 1. The van der Waals surface area contributed by atoms with E-state index in [-0.39, 0.29) is 17.8 Å². The average Bonchev–Trinajstić information content (AvgIpc) is 2.38. The molecule has 0 aromatic heterocycles. The molecule has 3 N–H and O–H groups in total. The molecule has 7 nitrogen and oxygen atoms in total. The summed E-state index contributed by atoms with van der Waals surface area (Å²) in [5.74, 6) is -2.72. The maximum Gasteiger partial charge on any atom is 0.335 e. The number of aromatic carboxylic acids is 1. The van der Waals surface area contributed by atoms with Crippen molar-refractivity contribution in [2.45, 2.75) is 0 Å². The molecule has 8 heteroatoms. The minimum absolute atomic E-state index is 0.176. The normalized spacial score (nSPS) is 9.58. The predicted molar refractivity (Wildman–Crippen MR) is 62.4 cm³/mol. The van der Waals surface area contributed by atoms with E-state index in [0.29, 0.717) is 0 Å². The Morgan fingerprint density at radius 2 is 2.05 bits per heavy atom. The van der Waals surface area contributed by atoms with Gasteiger partial charge in [-0.15, -0.1) is 0 Å². The molecule has 0 aliphatic carbocycles. The number of carbonyl (C=O) groups is 3. The van der Waals surface area contributed by atoms with Gasteiger partial charge >= 0.3 is 18.0 Å². The molecule has 0 spiro atoms. The van der Waals surface area contributed by atoms with Crippen molar-refractivity contribution in [2.24, 2.45) is 0 Å². The third-order valence-electron chi connectivity index (χ3n) is 2.08. The van der Waals surface area contributed by atoms with E-state index in [2.05, 4.69) is 15.4 Å². The third kappa shape index (κ3) is 4.26. The lowest BCUT2D eigenvalue weighted by molar-refractivity contribution is -0.139. The highest BCUT2D eigenvalue weighted by atomic mass is 19.1. The molecule has 0 atom stereocenters. The maximum absolute atomic E-state index is 13.3. The van der Waals surface area contributed by atoms with Crippen LogP contribution in [0, 0.1) is 5.82 Å². The molecule has 0 radical (unpaired) electrons. The number of hydrogen-bond donors (Lipinski definition) is 3. The van der Waals surface area contributed by atoms with Crippen molar-refractivity contribution >= 4 is 23.7 Å². The lowest BCUT2D eigenvalue weighted by Gasteiger charge is -2.08. The van der Waals surface area contributed by atoms with Gasteiger partial charge in [-0.05, 0) is 18.2 Å². The highest BCUT2D eigenvalue weighted by Gasteiger charge is 2.11. The number of anilines is 1. The summed E-state index contributed by atoms with van der Waals surface area (Å²) in [7, 11) is 1.15. The van der Waals surface area contributed by atoms with Crippen LogP contribution < -0.4 is 10.6 Å². The summed E-state index contributed by atoms with van der Waals surface area (Å²) in [5.41, 5.74) is -0.480. The fourth-order valence-corrected chi connectivity index (χ4v) is 1.15. The lowest BCUT2D eigenvalue weighted by Crippen LogP contribution is -2.34. The average molecular weight is 270 g/mol. The maximum atomic E-state index is 13.3. The number of carbonyl (C=O) groups excluding carboxylic acids is 2. The molecule has 0 unspecified atom stereocenters. The van der Waals surface area contributed by atoms with Crippen LogP contribution in [-0.2, 0) is 9.53 Å². The van der Waals surface area contributed by atoms with E-state index in [1.807, 2.05) is 0 Å². The van der Waals surface area contributed by atoms with Gasteiger partial charge in [0.15, 0.2) is 0 Å². The monoisotopic (exact) mass is 270 g/mol. The second kappa shape index (κ2) is 6.34. The number of hydrogen-bond acceptors (Lipinski definition) is 4. The lowest BCUT2D eigenvalue weighted by atomic mass is 10.2. The van der Waals surface area contributed by atoms with E-state index in [1.54, 1.807) is 0 Å². The summed E-state index contributed by atoms with van der Waals surface area (Å²) >= 11 is 0. The van der Waals surface area contributed by atoms with Gasteiger partial charge in [0.25, 0.3) is 0 Å². The standard InChI is InChI=1S/C11H11FN2O5/c1-19-9(15)5-13-11(18)14-8-4-6(10(16)17)2-3-7(8)12/h2-4H,5H2,1H3,(H,16,17)(H2,13,14,18). The van der Waals surface area contributed by atoms with Gasteiger partial charge in [-0.1, -0.05) is 0 Å². The molecule has 0 saturated carbocycles. The molecule has 102 valence electrons. The Labute approximate surface area is 107 Å². The molecule has 0 bridgehead atoms. The zero-order valence-electron chi connectivity index (χ0n) is 9.90. The van der Waals surface area contributed by atoms with Gasteiger partial charge in [-0.3, -0.25) is 4.79 Å². The topological polar surface area (TPSA) is 105 Å². The minimum Gasteiger partial charge on any atom is -0.478 e. The number of carboxylic acids is 1. The van der Waals surface area contributed by atoms with Crippen LogP contribution in [0.1, 0.15) is 10.4 Å². The molecule has 0 aliphatic heterocycles. The molecule has 0 saturated heterocycles. The first kappa shape index (κ1) is 14.4. The molecule has 1 aromatic rings. The molecular weight excluding hydrogens is 259 g/mol. The highest BCUT2D eigenvalue weighted by molar-refractivity contribution is 5.94. The Balaban J connectivity index is 2.70. The number of esters is 1. The van der Waals surface area contributed by atoms with Crippen molar-refractivity contribution < 1.29 is 28.6 Å². The minimum atomic E-state index is -1.25. The Morgan fingerprint density at radius 3 is 2.63 bits per heavy atom. The summed E-state index contributed by atoms with van der Waals surface area (Å²) in [6.45, 7) is -0.386. The van der Waals surface area contributed by atoms with Gasteiger partial charge in [0.1, 0.15) is 12.4 Å². The van der Waals surface area contributed by atoms with E-state index in [0.717, 1.165) is 25.3 Å². The van der Waals surface area contributed by atoms with Crippen LogP contribution in [0.5, 0.6) is 0 Å². The van der Waals surface area contributed by atoms with Crippen molar-refractivity contribution in [3.8, 4) is 0 Å². The third-order valence-corrected chi connectivity index (χ3v) is 2.08. The molecule has 0 fully saturated rings. The molecular formula is C11H11FN2O5. The zero-order chi connectivity index (χ0) is 14.4.